The van der Waals surface area contributed by atoms with Crippen molar-refractivity contribution in [3.8, 4) is 0 Å². The van der Waals surface area contributed by atoms with Crippen LogP contribution < -0.4 is 4.90 Å². The first-order valence-electron chi connectivity index (χ1n) is 4.49. The van der Waals surface area contributed by atoms with Gasteiger partial charge in [0, 0.05) is 12.7 Å². The Labute approximate surface area is 82.3 Å². The Morgan fingerprint density at radius 2 is 2.14 bits per heavy atom. The van der Waals surface area contributed by atoms with E-state index in [0.29, 0.717) is 0 Å². The second kappa shape index (κ2) is 2.94. The third kappa shape index (κ3) is 0.985. The van der Waals surface area contributed by atoms with Gasteiger partial charge in [-0.1, -0.05) is 12.1 Å². The Bertz CT molecular complexity index is 412. The summed E-state index contributed by atoms with van der Waals surface area (Å²) in [5.74, 6) is -0.736. The summed E-state index contributed by atoms with van der Waals surface area (Å²) < 4.78 is 0. The monoisotopic (exact) mass is 189 g/mol. The van der Waals surface area contributed by atoms with E-state index in [1.165, 1.54) is 0 Å². The molecule has 0 N–H and O–H groups in total. The van der Waals surface area contributed by atoms with Crippen molar-refractivity contribution in [1.29, 1.82) is 0 Å². The number of carbonyl (C=O) groups is 2. The molecule has 0 aliphatic carbocycles. The number of anilines is 1. The molecule has 1 aliphatic rings. The minimum absolute atomic E-state index is 0.135. The van der Waals surface area contributed by atoms with Gasteiger partial charge in [0.05, 0.1) is 0 Å². The highest BCUT2D eigenvalue weighted by molar-refractivity contribution is 6.13. The molecule has 2 rings (SSSR count). The molecule has 0 saturated heterocycles. The minimum Gasteiger partial charge on any atom is -0.314 e. The molecule has 0 radical (unpaired) electrons. The number of carbonyl (C=O) groups excluding carboxylic acids is 2. The molecular formula is C11H11NO2. The van der Waals surface area contributed by atoms with Crippen molar-refractivity contribution in [3.05, 3.63) is 29.3 Å². The zero-order chi connectivity index (χ0) is 10.3. The van der Waals surface area contributed by atoms with Crippen LogP contribution in [-0.4, -0.2) is 19.2 Å². The van der Waals surface area contributed by atoms with Crippen molar-refractivity contribution in [2.75, 3.05) is 11.9 Å². The van der Waals surface area contributed by atoms with E-state index in [2.05, 4.69) is 0 Å². The summed E-state index contributed by atoms with van der Waals surface area (Å²) in [6, 6.07) is 5.68. The number of hydrogen-bond donors (Lipinski definition) is 0. The highest BCUT2D eigenvalue weighted by Gasteiger charge is 2.35. The van der Waals surface area contributed by atoms with Crippen molar-refractivity contribution >= 4 is 17.9 Å². The number of hydrogen-bond acceptors (Lipinski definition) is 2. The van der Waals surface area contributed by atoms with Gasteiger partial charge in [0.1, 0.15) is 12.2 Å². The van der Waals surface area contributed by atoms with Gasteiger partial charge in [-0.15, -0.1) is 0 Å². The molecule has 1 unspecified atom stereocenters. The molecule has 1 heterocycles. The molecule has 1 amide bonds. The van der Waals surface area contributed by atoms with Gasteiger partial charge in [-0.25, -0.2) is 0 Å². The zero-order valence-corrected chi connectivity index (χ0v) is 8.15. The fourth-order valence-electron chi connectivity index (χ4n) is 1.94. The highest BCUT2D eigenvalue weighted by atomic mass is 16.2. The van der Waals surface area contributed by atoms with Gasteiger partial charge in [-0.2, -0.15) is 0 Å². The third-order valence-electron chi connectivity index (χ3n) is 2.71. The molecule has 72 valence electrons. The Morgan fingerprint density at radius 3 is 2.79 bits per heavy atom. The number of likely N-dealkylation sites (N-methyl/N-ethyl adjacent to an activating group) is 1. The number of rotatable bonds is 1. The second-order valence-electron chi connectivity index (χ2n) is 3.52. The molecular weight excluding hydrogens is 178 g/mol. The Hall–Kier alpha value is -1.64. The number of aryl methyl sites for hydroxylation is 1. The molecule has 1 aliphatic heterocycles. The maximum Gasteiger partial charge on any atom is 0.241 e. The van der Waals surface area contributed by atoms with Crippen molar-refractivity contribution in [1.82, 2.24) is 0 Å². The molecule has 14 heavy (non-hydrogen) atoms. The van der Waals surface area contributed by atoms with Crippen LogP contribution in [0.25, 0.3) is 0 Å². The van der Waals surface area contributed by atoms with Gasteiger partial charge in [-0.3, -0.25) is 4.79 Å². The lowest BCUT2D eigenvalue weighted by Crippen LogP contribution is -2.24. The Kier molecular flexibility index (Phi) is 1.88. The average molecular weight is 189 g/mol. The first-order valence-corrected chi connectivity index (χ1v) is 4.49. The van der Waals surface area contributed by atoms with Crippen LogP contribution in [0.3, 0.4) is 0 Å². The fraction of sp³-hybridized carbons (Fsp3) is 0.273. The molecule has 1 atom stereocenters. The lowest BCUT2D eigenvalue weighted by atomic mass is 9.97. The normalized spacial score (nSPS) is 19.7. The molecule has 0 bridgehead atoms. The summed E-state index contributed by atoms with van der Waals surface area (Å²) in [7, 11) is 1.70. The summed E-state index contributed by atoms with van der Waals surface area (Å²) in [6.07, 6.45) is 0.720. The summed E-state index contributed by atoms with van der Waals surface area (Å²) in [6.45, 7) is 1.92. The maximum atomic E-state index is 11.6. The first-order chi connectivity index (χ1) is 6.66. The Morgan fingerprint density at radius 1 is 1.43 bits per heavy atom. The van der Waals surface area contributed by atoms with E-state index in [-0.39, 0.29) is 5.91 Å². The van der Waals surface area contributed by atoms with Crippen LogP contribution in [0.4, 0.5) is 5.69 Å². The summed E-state index contributed by atoms with van der Waals surface area (Å²) in [5, 5.41) is 0. The van der Waals surface area contributed by atoms with Crippen LogP contribution in [0.5, 0.6) is 0 Å². The number of amides is 1. The van der Waals surface area contributed by atoms with Crippen LogP contribution in [0, 0.1) is 6.92 Å². The SMILES string of the molecule is Cc1cccc2c1C(C=O)C(=O)N2C. The minimum atomic E-state index is -0.601. The summed E-state index contributed by atoms with van der Waals surface area (Å²) in [4.78, 5) is 24.0. The molecule has 1 aromatic rings. The van der Waals surface area contributed by atoms with Crippen molar-refractivity contribution in [3.63, 3.8) is 0 Å². The van der Waals surface area contributed by atoms with Crippen LogP contribution in [0.15, 0.2) is 18.2 Å². The van der Waals surface area contributed by atoms with Crippen LogP contribution in [0.2, 0.25) is 0 Å². The standard InChI is InChI=1S/C11H11NO2/c1-7-4-3-5-9-10(7)8(6-13)11(14)12(9)2/h3-6,8H,1-2H3. The van der Waals surface area contributed by atoms with E-state index < -0.39 is 5.92 Å². The third-order valence-corrected chi connectivity index (χ3v) is 2.71. The van der Waals surface area contributed by atoms with E-state index in [0.717, 1.165) is 23.1 Å². The number of aldehydes is 1. The zero-order valence-electron chi connectivity index (χ0n) is 8.15. The quantitative estimate of drug-likeness (QED) is 0.492. The largest absolute Gasteiger partial charge is 0.314 e. The smallest absolute Gasteiger partial charge is 0.241 e. The Balaban J connectivity index is 2.67. The van der Waals surface area contributed by atoms with E-state index in [1.54, 1.807) is 11.9 Å². The van der Waals surface area contributed by atoms with Gasteiger partial charge in [0.15, 0.2) is 0 Å². The topological polar surface area (TPSA) is 37.4 Å². The lowest BCUT2D eigenvalue weighted by molar-refractivity contribution is -0.122. The summed E-state index contributed by atoms with van der Waals surface area (Å²) in [5.41, 5.74) is 2.71. The van der Waals surface area contributed by atoms with Gasteiger partial charge in [0.2, 0.25) is 5.91 Å². The van der Waals surface area contributed by atoms with Gasteiger partial charge < -0.3 is 9.69 Å². The van der Waals surface area contributed by atoms with E-state index in [1.807, 2.05) is 25.1 Å². The maximum absolute atomic E-state index is 11.6. The predicted octanol–water partition coefficient (Wildman–Crippen LogP) is 1.25. The van der Waals surface area contributed by atoms with Crippen LogP contribution in [0.1, 0.15) is 17.0 Å². The van der Waals surface area contributed by atoms with E-state index in [4.69, 9.17) is 0 Å². The van der Waals surface area contributed by atoms with E-state index in [9.17, 15) is 9.59 Å². The molecule has 0 aromatic heterocycles. The van der Waals surface area contributed by atoms with Crippen molar-refractivity contribution in [2.45, 2.75) is 12.8 Å². The molecule has 0 spiro atoms. The van der Waals surface area contributed by atoms with E-state index >= 15 is 0 Å². The van der Waals surface area contributed by atoms with Crippen LogP contribution in [-0.2, 0) is 9.59 Å². The van der Waals surface area contributed by atoms with Crippen molar-refractivity contribution < 1.29 is 9.59 Å². The summed E-state index contributed by atoms with van der Waals surface area (Å²) >= 11 is 0. The van der Waals surface area contributed by atoms with Gasteiger partial charge in [0.25, 0.3) is 0 Å². The van der Waals surface area contributed by atoms with Gasteiger partial charge in [-0.05, 0) is 24.1 Å². The fourth-order valence-corrected chi connectivity index (χ4v) is 1.94. The molecule has 0 fully saturated rings. The molecule has 3 heteroatoms. The van der Waals surface area contributed by atoms with Crippen molar-refractivity contribution in [2.24, 2.45) is 0 Å². The molecule has 0 saturated carbocycles. The number of nitrogens with zero attached hydrogens (tertiary/aromatic N) is 1. The second-order valence-corrected chi connectivity index (χ2v) is 3.52. The van der Waals surface area contributed by atoms with Crippen LogP contribution >= 0.6 is 0 Å². The van der Waals surface area contributed by atoms with Gasteiger partial charge >= 0.3 is 0 Å². The predicted molar refractivity (Wildman–Crippen MR) is 53.4 cm³/mol. The highest BCUT2D eigenvalue weighted by Crippen LogP contribution is 2.37. The number of fused-ring (bicyclic) bond motifs is 1. The number of benzene rings is 1. The first kappa shape index (κ1) is 8.94. The average Bonchev–Trinajstić information content (AvgIpc) is 2.43. The molecule has 1 aromatic carbocycles. The molecule has 3 nitrogen and oxygen atoms in total. The lowest BCUT2D eigenvalue weighted by Gasteiger charge is -2.09.